The van der Waals surface area contributed by atoms with Gasteiger partial charge in [-0.2, -0.15) is 0 Å². The van der Waals surface area contributed by atoms with Gasteiger partial charge in [-0.15, -0.1) is 0 Å². The maximum Gasteiger partial charge on any atom is 0.264 e. The lowest BCUT2D eigenvalue weighted by molar-refractivity contribution is -0.140. The first-order valence-electron chi connectivity index (χ1n) is 13.2. The third-order valence-corrected chi connectivity index (χ3v) is 8.62. The molecule has 3 rings (SSSR count). The van der Waals surface area contributed by atoms with Crippen molar-refractivity contribution in [1.82, 2.24) is 10.2 Å². The lowest BCUT2D eigenvalue weighted by atomic mass is 10.1. The molecule has 0 aliphatic heterocycles. The van der Waals surface area contributed by atoms with E-state index in [9.17, 15) is 18.0 Å². The van der Waals surface area contributed by atoms with Crippen LogP contribution in [0.3, 0.4) is 0 Å². The van der Waals surface area contributed by atoms with E-state index >= 15 is 0 Å². The smallest absolute Gasteiger partial charge is 0.264 e. The summed E-state index contributed by atoms with van der Waals surface area (Å²) < 4.78 is 34.4. The number of sulfonamides is 1. The van der Waals surface area contributed by atoms with Gasteiger partial charge in [-0.05, 0) is 60.4 Å². The highest BCUT2D eigenvalue weighted by molar-refractivity contribution is 7.92. The van der Waals surface area contributed by atoms with Gasteiger partial charge in [0.05, 0.1) is 17.7 Å². The zero-order chi connectivity index (χ0) is 30.2. The summed E-state index contributed by atoms with van der Waals surface area (Å²) in [4.78, 5) is 28.8. The molecule has 0 saturated heterocycles. The average Bonchev–Trinajstić information content (AvgIpc) is 2.95. The standard InChI is InChI=1S/C30H35Cl2N3O5S/c1-5-26(30(37)33-18-21(2)3)34(19-22-11-13-23(31)14-12-22)29(36)20-35(27-17-24(32)15-16-28(27)40-4)41(38,39)25-9-7-6-8-10-25/h6-17,21,26H,5,18-20H2,1-4H3,(H,33,37)/t26-/m1/s1. The minimum Gasteiger partial charge on any atom is -0.495 e. The van der Waals surface area contributed by atoms with E-state index in [0.717, 1.165) is 9.87 Å². The van der Waals surface area contributed by atoms with Crippen LogP contribution in [0.15, 0.2) is 77.7 Å². The van der Waals surface area contributed by atoms with Crippen molar-refractivity contribution < 1.29 is 22.7 Å². The number of carbonyl (C=O) groups excluding carboxylic acids is 2. The number of nitrogens with zero attached hydrogens (tertiary/aromatic N) is 2. The third kappa shape index (κ3) is 8.38. The van der Waals surface area contributed by atoms with Crippen LogP contribution in [0.25, 0.3) is 0 Å². The molecular formula is C30H35Cl2N3O5S. The van der Waals surface area contributed by atoms with E-state index in [-0.39, 0.29) is 39.7 Å². The topological polar surface area (TPSA) is 96.0 Å². The minimum absolute atomic E-state index is 0.0132. The molecule has 3 aromatic rings. The first-order valence-corrected chi connectivity index (χ1v) is 15.4. The fourth-order valence-corrected chi connectivity index (χ4v) is 5.95. The first-order chi connectivity index (χ1) is 19.5. The SMILES string of the molecule is CC[C@H](C(=O)NCC(C)C)N(Cc1ccc(Cl)cc1)C(=O)CN(c1cc(Cl)ccc1OC)S(=O)(=O)c1ccccc1. The van der Waals surface area contributed by atoms with Crippen LogP contribution >= 0.6 is 23.2 Å². The van der Waals surface area contributed by atoms with E-state index in [2.05, 4.69) is 5.32 Å². The highest BCUT2D eigenvalue weighted by Gasteiger charge is 2.34. The second-order valence-electron chi connectivity index (χ2n) is 9.85. The van der Waals surface area contributed by atoms with Gasteiger partial charge in [0.1, 0.15) is 18.3 Å². The van der Waals surface area contributed by atoms with Crippen molar-refractivity contribution in [2.45, 2.75) is 44.7 Å². The van der Waals surface area contributed by atoms with Crippen molar-refractivity contribution in [2.75, 3.05) is 24.5 Å². The summed E-state index contributed by atoms with van der Waals surface area (Å²) in [7, 11) is -2.85. The Hall–Kier alpha value is -3.27. The number of halogens is 2. The van der Waals surface area contributed by atoms with Crippen molar-refractivity contribution in [1.29, 1.82) is 0 Å². The van der Waals surface area contributed by atoms with E-state index in [1.807, 2.05) is 13.8 Å². The molecule has 8 nitrogen and oxygen atoms in total. The molecule has 2 amide bonds. The molecular weight excluding hydrogens is 585 g/mol. The summed E-state index contributed by atoms with van der Waals surface area (Å²) in [6, 6.07) is 18.4. The Morgan fingerprint density at radius 1 is 0.951 bits per heavy atom. The Labute approximate surface area is 252 Å². The molecule has 41 heavy (non-hydrogen) atoms. The van der Waals surface area contributed by atoms with E-state index < -0.39 is 28.5 Å². The highest BCUT2D eigenvalue weighted by Crippen LogP contribution is 2.35. The molecule has 0 heterocycles. The molecule has 1 N–H and O–H groups in total. The molecule has 0 unspecified atom stereocenters. The number of carbonyl (C=O) groups is 2. The van der Waals surface area contributed by atoms with Crippen LogP contribution in [0, 0.1) is 5.92 Å². The molecule has 0 bridgehead atoms. The van der Waals surface area contributed by atoms with Gasteiger partial charge in [0.25, 0.3) is 10.0 Å². The van der Waals surface area contributed by atoms with Gasteiger partial charge in [0.2, 0.25) is 11.8 Å². The zero-order valence-electron chi connectivity index (χ0n) is 23.5. The van der Waals surface area contributed by atoms with Crippen LogP contribution < -0.4 is 14.4 Å². The summed E-state index contributed by atoms with van der Waals surface area (Å²) in [5.41, 5.74) is 0.830. The second kappa shape index (κ2) is 14.6. The van der Waals surface area contributed by atoms with Crippen LogP contribution in [0.5, 0.6) is 5.75 Å². The number of anilines is 1. The van der Waals surface area contributed by atoms with Crippen LogP contribution in [0.4, 0.5) is 5.69 Å². The average molecular weight is 621 g/mol. The molecule has 1 atom stereocenters. The molecule has 0 radical (unpaired) electrons. The lowest BCUT2D eigenvalue weighted by Crippen LogP contribution is -2.52. The van der Waals surface area contributed by atoms with Crippen molar-refractivity contribution in [2.24, 2.45) is 5.92 Å². The Bertz CT molecular complexity index is 1430. The Morgan fingerprint density at radius 3 is 2.17 bits per heavy atom. The summed E-state index contributed by atoms with van der Waals surface area (Å²) >= 11 is 12.3. The quantitative estimate of drug-likeness (QED) is 0.262. The molecule has 220 valence electrons. The van der Waals surface area contributed by atoms with Gasteiger partial charge in [-0.25, -0.2) is 8.42 Å². The van der Waals surface area contributed by atoms with Crippen molar-refractivity contribution in [3.63, 3.8) is 0 Å². The molecule has 11 heteroatoms. The summed E-state index contributed by atoms with van der Waals surface area (Å²) in [5.74, 6) is -0.472. The van der Waals surface area contributed by atoms with Crippen LogP contribution in [0.1, 0.15) is 32.8 Å². The van der Waals surface area contributed by atoms with E-state index in [4.69, 9.17) is 27.9 Å². The number of nitrogens with one attached hydrogen (secondary N) is 1. The number of methoxy groups -OCH3 is 1. The van der Waals surface area contributed by atoms with Crippen LogP contribution in [-0.4, -0.2) is 51.4 Å². The maximum atomic E-state index is 14.1. The number of hydrogen-bond acceptors (Lipinski definition) is 5. The van der Waals surface area contributed by atoms with Gasteiger partial charge in [0, 0.05) is 23.1 Å². The van der Waals surface area contributed by atoms with Gasteiger partial charge in [-0.3, -0.25) is 13.9 Å². The van der Waals surface area contributed by atoms with E-state index in [0.29, 0.717) is 18.0 Å². The molecule has 0 fully saturated rings. The number of rotatable bonds is 13. The Morgan fingerprint density at radius 2 is 1.59 bits per heavy atom. The van der Waals surface area contributed by atoms with Crippen LogP contribution in [-0.2, 0) is 26.2 Å². The summed E-state index contributed by atoms with van der Waals surface area (Å²) in [5, 5.41) is 3.70. The highest BCUT2D eigenvalue weighted by atomic mass is 35.5. The second-order valence-corrected chi connectivity index (χ2v) is 12.6. The third-order valence-electron chi connectivity index (χ3n) is 6.36. The van der Waals surface area contributed by atoms with Crippen molar-refractivity contribution >= 4 is 50.7 Å². The summed E-state index contributed by atoms with van der Waals surface area (Å²) in [6.07, 6.45) is 0.315. The first kappa shape index (κ1) is 32.2. The predicted octanol–water partition coefficient (Wildman–Crippen LogP) is 5.78. The van der Waals surface area contributed by atoms with Gasteiger partial charge >= 0.3 is 0 Å². The van der Waals surface area contributed by atoms with Crippen molar-refractivity contribution in [3.05, 3.63) is 88.4 Å². The molecule has 0 saturated carbocycles. The number of hydrogen-bond donors (Lipinski definition) is 1. The number of benzene rings is 3. The Balaban J connectivity index is 2.10. The molecule has 0 aliphatic rings. The summed E-state index contributed by atoms with van der Waals surface area (Å²) in [6.45, 7) is 5.66. The molecule has 0 aliphatic carbocycles. The number of amides is 2. The molecule has 3 aromatic carbocycles. The van der Waals surface area contributed by atoms with E-state index in [1.54, 1.807) is 55.5 Å². The van der Waals surface area contributed by atoms with Gasteiger partial charge in [0.15, 0.2) is 0 Å². The predicted molar refractivity (Wildman–Crippen MR) is 163 cm³/mol. The van der Waals surface area contributed by atoms with Crippen molar-refractivity contribution in [3.8, 4) is 5.75 Å². The molecule has 0 aromatic heterocycles. The molecule has 0 spiro atoms. The fourth-order valence-electron chi connectivity index (χ4n) is 4.22. The number of ether oxygens (including phenoxy) is 1. The largest absolute Gasteiger partial charge is 0.495 e. The lowest BCUT2D eigenvalue weighted by Gasteiger charge is -2.33. The van der Waals surface area contributed by atoms with Crippen LogP contribution in [0.2, 0.25) is 10.0 Å². The monoisotopic (exact) mass is 619 g/mol. The zero-order valence-corrected chi connectivity index (χ0v) is 25.8. The maximum absolute atomic E-state index is 14.1. The van der Waals surface area contributed by atoms with Gasteiger partial charge < -0.3 is 15.0 Å². The normalized spacial score (nSPS) is 12.1. The minimum atomic E-state index is -4.26. The fraction of sp³-hybridized carbons (Fsp3) is 0.333. The Kier molecular flexibility index (Phi) is 11.5. The van der Waals surface area contributed by atoms with E-state index in [1.165, 1.54) is 36.3 Å². The van der Waals surface area contributed by atoms with Gasteiger partial charge in [-0.1, -0.05) is 74.3 Å².